The number of hydrogen-bond acceptors (Lipinski definition) is 4. The lowest BCUT2D eigenvalue weighted by molar-refractivity contribution is -0.117. The van der Waals surface area contributed by atoms with Crippen molar-refractivity contribution in [1.82, 2.24) is 15.2 Å². The van der Waals surface area contributed by atoms with Gasteiger partial charge in [0.1, 0.15) is 0 Å². The van der Waals surface area contributed by atoms with Gasteiger partial charge < -0.3 is 29.6 Å². The lowest BCUT2D eigenvalue weighted by atomic mass is 10.2. The molecule has 162 valence electrons. The third-order valence-electron chi connectivity index (χ3n) is 5.46. The Labute approximate surface area is 180 Å². The van der Waals surface area contributed by atoms with Crippen molar-refractivity contribution < 1.29 is 19.1 Å². The number of methoxy groups -OCH3 is 2. The second kappa shape index (κ2) is 8.99. The molecule has 0 aliphatic carbocycles. The van der Waals surface area contributed by atoms with Crippen molar-refractivity contribution in [2.45, 2.75) is 19.0 Å². The Kier molecular flexibility index (Phi) is 5.97. The summed E-state index contributed by atoms with van der Waals surface area (Å²) in [6, 6.07) is 15.0. The summed E-state index contributed by atoms with van der Waals surface area (Å²) in [7, 11) is 3.12. The van der Waals surface area contributed by atoms with Gasteiger partial charge in [-0.3, -0.25) is 4.79 Å². The first-order chi connectivity index (χ1) is 15.1. The summed E-state index contributed by atoms with van der Waals surface area (Å²) >= 11 is 0. The fraction of sp³-hybridized carbons (Fsp3) is 0.304. The molecule has 31 heavy (non-hydrogen) atoms. The van der Waals surface area contributed by atoms with Crippen LogP contribution in [0, 0.1) is 0 Å². The average Bonchev–Trinajstić information content (AvgIpc) is 3.36. The number of para-hydroxylation sites is 1. The maximum atomic E-state index is 12.5. The molecule has 8 heteroatoms. The Hall–Kier alpha value is -3.68. The van der Waals surface area contributed by atoms with Gasteiger partial charge in [0.15, 0.2) is 11.5 Å². The smallest absolute Gasteiger partial charge is 0.315 e. The zero-order valence-electron chi connectivity index (χ0n) is 17.6. The number of amides is 3. The number of rotatable bonds is 7. The monoisotopic (exact) mass is 422 g/mol. The van der Waals surface area contributed by atoms with Crippen molar-refractivity contribution in [1.29, 1.82) is 0 Å². The van der Waals surface area contributed by atoms with Gasteiger partial charge in [0.25, 0.3) is 0 Å². The van der Waals surface area contributed by atoms with E-state index in [1.807, 2.05) is 24.4 Å². The topological polar surface area (TPSA) is 84.8 Å². The molecule has 1 aliphatic heterocycles. The van der Waals surface area contributed by atoms with Crippen LogP contribution in [0.4, 0.5) is 10.5 Å². The van der Waals surface area contributed by atoms with Crippen LogP contribution in [0.15, 0.2) is 54.7 Å². The van der Waals surface area contributed by atoms with E-state index in [-0.39, 0.29) is 24.4 Å². The number of fused-ring (bicyclic) bond motifs is 1. The molecule has 3 aromatic rings. The van der Waals surface area contributed by atoms with Gasteiger partial charge in [-0.05, 0) is 29.7 Å². The van der Waals surface area contributed by atoms with Gasteiger partial charge in [-0.15, -0.1) is 0 Å². The molecule has 0 radical (unpaired) electrons. The molecule has 1 fully saturated rings. The highest BCUT2D eigenvalue weighted by Crippen LogP contribution is 2.33. The molecule has 8 nitrogen and oxygen atoms in total. The van der Waals surface area contributed by atoms with E-state index in [0.717, 1.165) is 5.52 Å². The van der Waals surface area contributed by atoms with Crippen molar-refractivity contribution in [3.63, 3.8) is 0 Å². The van der Waals surface area contributed by atoms with Gasteiger partial charge in [0.2, 0.25) is 5.91 Å². The summed E-state index contributed by atoms with van der Waals surface area (Å²) in [6.07, 6.45) is 2.27. The largest absolute Gasteiger partial charge is 0.493 e. The fourth-order valence-electron chi connectivity index (χ4n) is 3.91. The lowest BCUT2D eigenvalue weighted by Crippen LogP contribution is -2.44. The second-order valence-corrected chi connectivity index (χ2v) is 7.41. The number of carbonyl (C=O) groups excluding carboxylic acids is 2. The number of nitrogens with one attached hydrogen (secondary N) is 2. The fourth-order valence-corrected chi connectivity index (χ4v) is 3.91. The zero-order chi connectivity index (χ0) is 21.8. The van der Waals surface area contributed by atoms with Crippen molar-refractivity contribution in [2.24, 2.45) is 0 Å². The molecule has 1 atom stereocenters. The first-order valence-electron chi connectivity index (χ1n) is 10.2. The van der Waals surface area contributed by atoms with Crippen molar-refractivity contribution in [3.05, 3.63) is 54.7 Å². The molecular formula is C23H26N4O4. The SMILES string of the molecule is COc1ccc(N2C[C@@H](NC(=O)NCCn3ccc4ccccc43)CC2=O)cc1OC. The number of anilines is 1. The Bertz CT molecular complexity index is 1090. The van der Waals surface area contributed by atoms with Crippen LogP contribution >= 0.6 is 0 Å². The van der Waals surface area contributed by atoms with Crippen LogP contribution in [0.3, 0.4) is 0 Å². The summed E-state index contributed by atoms with van der Waals surface area (Å²) in [4.78, 5) is 26.5. The number of ether oxygens (including phenoxy) is 2. The minimum atomic E-state index is -0.275. The number of carbonyl (C=O) groups is 2. The van der Waals surface area contributed by atoms with Gasteiger partial charge in [-0.1, -0.05) is 18.2 Å². The van der Waals surface area contributed by atoms with E-state index >= 15 is 0 Å². The van der Waals surface area contributed by atoms with E-state index < -0.39 is 0 Å². The third-order valence-corrected chi connectivity index (χ3v) is 5.46. The molecule has 0 saturated carbocycles. The first-order valence-corrected chi connectivity index (χ1v) is 10.2. The Morgan fingerprint density at radius 2 is 1.90 bits per heavy atom. The van der Waals surface area contributed by atoms with Gasteiger partial charge in [0, 0.05) is 49.5 Å². The molecule has 0 bridgehead atoms. The molecule has 4 rings (SSSR count). The van der Waals surface area contributed by atoms with Crippen molar-refractivity contribution >= 4 is 28.5 Å². The van der Waals surface area contributed by atoms with Crippen LogP contribution in [-0.2, 0) is 11.3 Å². The quantitative estimate of drug-likeness (QED) is 0.613. The third kappa shape index (κ3) is 4.42. The van der Waals surface area contributed by atoms with Crippen molar-refractivity contribution in [3.8, 4) is 11.5 Å². The molecule has 2 heterocycles. The Balaban J connectivity index is 1.30. The summed E-state index contributed by atoms with van der Waals surface area (Å²) in [5, 5.41) is 6.95. The minimum absolute atomic E-state index is 0.0451. The summed E-state index contributed by atoms with van der Waals surface area (Å²) in [6.45, 7) is 1.57. The number of hydrogen-bond donors (Lipinski definition) is 2. The molecule has 1 aliphatic rings. The summed E-state index contributed by atoms with van der Waals surface area (Å²) in [5.74, 6) is 1.11. The van der Waals surface area contributed by atoms with Crippen molar-refractivity contribution in [2.75, 3.05) is 32.2 Å². The highest BCUT2D eigenvalue weighted by atomic mass is 16.5. The van der Waals surface area contributed by atoms with Gasteiger partial charge in [-0.2, -0.15) is 0 Å². The predicted octanol–water partition coefficient (Wildman–Crippen LogP) is 2.76. The van der Waals surface area contributed by atoms with Crippen LogP contribution in [0.2, 0.25) is 0 Å². The van der Waals surface area contributed by atoms with E-state index in [4.69, 9.17) is 9.47 Å². The molecule has 1 aromatic heterocycles. The number of urea groups is 1. The Morgan fingerprint density at radius 3 is 2.71 bits per heavy atom. The van der Waals surface area contributed by atoms with Gasteiger partial charge >= 0.3 is 6.03 Å². The van der Waals surface area contributed by atoms with Crippen LogP contribution in [0.5, 0.6) is 11.5 Å². The van der Waals surface area contributed by atoms with Crippen LogP contribution in [-0.4, -0.2) is 49.9 Å². The summed E-state index contributed by atoms with van der Waals surface area (Å²) in [5.41, 5.74) is 1.85. The number of benzene rings is 2. The minimum Gasteiger partial charge on any atom is -0.493 e. The molecule has 0 spiro atoms. The Morgan fingerprint density at radius 1 is 1.10 bits per heavy atom. The first kappa shape index (κ1) is 20.6. The maximum Gasteiger partial charge on any atom is 0.315 e. The van der Waals surface area contributed by atoms with Crippen LogP contribution in [0.25, 0.3) is 10.9 Å². The number of nitrogens with zero attached hydrogens (tertiary/aromatic N) is 2. The van der Waals surface area contributed by atoms with E-state index in [2.05, 4.69) is 33.4 Å². The van der Waals surface area contributed by atoms with E-state index in [9.17, 15) is 9.59 Å². The molecule has 0 unspecified atom stereocenters. The second-order valence-electron chi connectivity index (χ2n) is 7.41. The predicted molar refractivity (Wildman–Crippen MR) is 119 cm³/mol. The highest BCUT2D eigenvalue weighted by molar-refractivity contribution is 5.97. The normalized spacial score (nSPS) is 15.9. The molecule has 3 amide bonds. The van der Waals surface area contributed by atoms with E-state index in [1.165, 1.54) is 5.39 Å². The maximum absolute atomic E-state index is 12.5. The van der Waals surface area contributed by atoms with E-state index in [1.54, 1.807) is 31.3 Å². The molecule has 2 N–H and O–H groups in total. The average molecular weight is 422 g/mol. The lowest BCUT2D eigenvalue weighted by Gasteiger charge is -2.19. The van der Waals surface area contributed by atoms with Crippen LogP contribution < -0.4 is 25.0 Å². The summed E-state index contributed by atoms with van der Waals surface area (Å²) < 4.78 is 12.7. The molecule has 2 aromatic carbocycles. The molecule has 1 saturated heterocycles. The standard InChI is InChI=1S/C23H26N4O4/c1-30-20-8-7-18(14-21(20)31-2)27-15-17(13-22(27)28)25-23(29)24-10-12-26-11-9-16-5-3-4-6-19(16)26/h3-9,11,14,17H,10,12-13,15H2,1-2H3,(H2,24,25,29)/t17-/m0/s1. The highest BCUT2D eigenvalue weighted by Gasteiger charge is 2.32. The van der Waals surface area contributed by atoms with Crippen LogP contribution in [0.1, 0.15) is 6.42 Å². The molecular weight excluding hydrogens is 396 g/mol. The van der Waals surface area contributed by atoms with Gasteiger partial charge in [-0.25, -0.2) is 4.79 Å². The van der Waals surface area contributed by atoms with Gasteiger partial charge in [0.05, 0.1) is 20.3 Å². The zero-order valence-corrected chi connectivity index (χ0v) is 17.6. The number of aromatic nitrogens is 1. The van der Waals surface area contributed by atoms with E-state index in [0.29, 0.717) is 36.8 Å².